The van der Waals surface area contributed by atoms with E-state index in [1.807, 2.05) is 0 Å². The van der Waals surface area contributed by atoms with Crippen molar-refractivity contribution in [2.24, 2.45) is 0 Å². The average Bonchev–Trinajstić information content (AvgIpc) is 3.11. The molecular weight excluding hydrogens is 483 g/mol. The van der Waals surface area contributed by atoms with Crippen LogP contribution in [0.15, 0.2) is 42.0 Å². The Morgan fingerprint density at radius 1 is 0.889 bits per heavy atom. The zero-order valence-corrected chi connectivity index (χ0v) is 24.3. The second kappa shape index (κ2) is 4.80. The standard InChI is InChI=1S/C12H11.C6H7.4CH3.2ClH.2H2Si.Zr/c1-3-9-7-11-5-2-6-12(11)8-10(9)4-1;1-6-4-2-3-5-6;;;;;;;;;/h1,3-4,7-8H,2,5-6H2;2-5H,1H3;4*1H3;2*1H;2*1H2;/p-2. The van der Waals surface area contributed by atoms with Crippen LogP contribution in [0.25, 0.3) is 6.08 Å². The molecule has 0 saturated heterocycles. The Bertz CT molecular complexity index is 1200. The third-order valence-corrected chi connectivity index (χ3v) is 39.9. The van der Waals surface area contributed by atoms with E-state index in [0.29, 0.717) is 7.25 Å². The summed E-state index contributed by atoms with van der Waals surface area (Å²) in [6, 6.07) is 5.09. The molecule has 0 aliphatic heterocycles. The van der Waals surface area contributed by atoms with Crippen molar-refractivity contribution in [1.29, 1.82) is 0 Å². The predicted molar refractivity (Wildman–Crippen MR) is 117 cm³/mol. The van der Waals surface area contributed by atoms with Crippen LogP contribution in [0.1, 0.15) is 39.2 Å². The summed E-state index contributed by atoms with van der Waals surface area (Å²) in [5.41, 5.74) is 7.74. The van der Waals surface area contributed by atoms with Crippen LogP contribution >= 0.6 is 0 Å². The van der Waals surface area contributed by atoms with Gasteiger partial charge in [-0.3, -0.25) is 0 Å². The van der Waals surface area contributed by atoms with Crippen LogP contribution in [0, 0.1) is 0 Å². The van der Waals surface area contributed by atoms with Crippen LogP contribution < -0.4 is 24.8 Å². The van der Waals surface area contributed by atoms with Crippen molar-refractivity contribution < 1.29 is 36.4 Å². The first-order valence-electron chi connectivity index (χ1n) is 9.97. The summed E-state index contributed by atoms with van der Waals surface area (Å²) in [6.45, 7) is 7.07. The van der Waals surface area contributed by atoms with Gasteiger partial charge in [0.1, 0.15) is 0 Å². The van der Waals surface area contributed by atoms with Gasteiger partial charge in [0, 0.05) is 0 Å². The molecule has 0 N–H and O–H groups in total. The molecular formula is C22H34Cl2Si2Zr-2. The van der Waals surface area contributed by atoms with Gasteiger partial charge >= 0.3 is 148 Å². The average molecular weight is 517 g/mol. The molecule has 0 radical (unpaired) electrons. The topological polar surface area (TPSA) is 0 Å². The number of benzene rings is 1. The molecule has 0 spiro atoms. The predicted octanol–water partition coefficient (Wildman–Crippen LogP) is -0.859. The van der Waals surface area contributed by atoms with E-state index >= 15 is 0 Å². The van der Waals surface area contributed by atoms with Crippen molar-refractivity contribution in [3.63, 3.8) is 0 Å². The van der Waals surface area contributed by atoms with E-state index in [1.165, 1.54) is 30.4 Å². The van der Waals surface area contributed by atoms with Crippen molar-refractivity contribution in [2.75, 3.05) is 0 Å². The maximum Gasteiger partial charge on any atom is -1.00 e. The smallest absolute Gasteiger partial charge is 1.00 e. The molecule has 27 heavy (non-hydrogen) atoms. The first kappa shape index (κ1) is 23.6. The van der Waals surface area contributed by atoms with Crippen LogP contribution in [0.2, 0.25) is 22.2 Å². The fourth-order valence-electron chi connectivity index (χ4n) is 5.82. The number of allylic oxidation sites excluding steroid dienone is 5. The van der Waals surface area contributed by atoms with E-state index in [0.717, 1.165) is 0 Å². The van der Waals surface area contributed by atoms with E-state index in [-0.39, 0.29) is 24.8 Å². The Morgan fingerprint density at radius 2 is 1.48 bits per heavy atom. The van der Waals surface area contributed by atoms with E-state index in [4.69, 9.17) is 0 Å². The minimum absolute atomic E-state index is 0. The first-order valence-corrected chi connectivity index (χ1v) is 34.5. The number of halogens is 2. The number of rotatable bonds is 2. The zero-order valence-electron chi connectivity index (χ0n) is 17.5. The van der Waals surface area contributed by atoms with Crippen LogP contribution in [-0.4, -0.2) is 13.8 Å². The Labute approximate surface area is 171 Å². The van der Waals surface area contributed by atoms with Crippen LogP contribution in [-0.2, 0) is 24.4 Å². The van der Waals surface area contributed by atoms with Crippen LogP contribution in [0.3, 0.4) is 0 Å². The molecule has 0 nitrogen and oxygen atoms in total. The van der Waals surface area contributed by atoms with E-state index in [2.05, 4.69) is 81.7 Å². The van der Waals surface area contributed by atoms with Gasteiger partial charge in [-0.2, -0.15) is 0 Å². The Balaban J connectivity index is 0.00000131. The summed E-state index contributed by atoms with van der Waals surface area (Å²) in [5.74, 6) is 0. The fourth-order valence-corrected chi connectivity index (χ4v) is 28.5. The van der Waals surface area contributed by atoms with Crippen molar-refractivity contribution in [1.82, 2.24) is 0 Å². The minimum Gasteiger partial charge on any atom is -1.00 e. The number of hydrogen-bond acceptors (Lipinski definition) is 0. The van der Waals surface area contributed by atoms with E-state index in [9.17, 15) is 0 Å². The molecule has 0 heterocycles. The third kappa shape index (κ3) is 3.34. The van der Waals surface area contributed by atoms with Gasteiger partial charge in [-0.25, -0.2) is 0 Å². The number of fused-ring (bicyclic) bond motifs is 2. The maximum atomic E-state index is 2.71. The summed E-state index contributed by atoms with van der Waals surface area (Å²) in [6.07, 6.45) is 16.3. The largest absolute Gasteiger partial charge is 1.00 e. The molecule has 4 rings (SSSR count). The quantitative estimate of drug-likeness (QED) is 0.449. The molecule has 1 aromatic rings. The molecule has 0 fully saturated rings. The van der Waals surface area contributed by atoms with Crippen LogP contribution in [0.5, 0.6) is 0 Å². The summed E-state index contributed by atoms with van der Waals surface area (Å²) < 4.78 is 11.9. The molecule has 1 aromatic carbocycles. The molecule has 0 saturated carbocycles. The van der Waals surface area contributed by atoms with Crippen molar-refractivity contribution in [2.45, 2.75) is 52.0 Å². The molecule has 5 heteroatoms. The molecule has 0 amide bonds. The summed E-state index contributed by atoms with van der Waals surface area (Å²) in [5, 5.41) is 0. The second-order valence-corrected chi connectivity index (χ2v) is 119. The normalized spacial score (nSPS) is 28.4. The molecule has 0 aromatic heterocycles. The maximum absolute atomic E-state index is 4.61. The molecule has 0 bridgehead atoms. The van der Waals surface area contributed by atoms with Gasteiger partial charge in [-0.15, -0.1) is 0 Å². The number of hydrogen-bond donors (Lipinski definition) is 0. The van der Waals surface area contributed by atoms with Gasteiger partial charge in [0.2, 0.25) is 0 Å². The molecule has 3 aliphatic carbocycles. The first-order chi connectivity index (χ1) is 11.0. The number of aryl methyl sites for hydroxylation is 2. The minimum atomic E-state index is -4.61. The van der Waals surface area contributed by atoms with Gasteiger partial charge in [-0.05, 0) is 0 Å². The summed E-state index contributed by atoms with van der Waals surface area (Å²) >= 11 is -4.61. The van der Waals surface area contributed by atoms with Gasteiger partial charge in [-0.1, -0.05) is 0 Å². The summed E-state index contributed by atoms with van der Waals surface area (Å²) in [7, 11) is 0. The van der Waals surface area contributed by atoms with Gasteiger partial charge < -0.3 is 24.8 Å². The molecule has 2 atom stereocenters. The Hall–Kier alpha value is 0.337. The SMILES string of the molecule is CC1=C[CH]([Zr]([CH3])([CH3])([CH3])([CH3])(=[SiH2])(=[SiH2])[CH]2C=Cc3cc4c(cc32)CCC4)C=C1.[Cl-].[Cl-]. The van der Waals surface area contributed by atoms with Crippen molar-refractivity contribution >= 4 is 19.8 Å². The second-order valence-electron chi connectivity index (χ2n) is 15.1. The zero-order chi connectivity index (χ0) is 18.5. The van der Waals surface area contributed by atoms with Crippen LogP contribution in [0.4, 0.5) is 0 Å². The van der Waals surface area contributed by atoms with E-state index < -0.39 is 11.6 Å². The Kier molecular flexibility index (Phi) is 4.20. The van der Waals surface area contributed by atoms with Crippen molar-refractivity contribution in [3.05, 3.63) is 64.3 Å². The summed E-state index contributed by atoms with van der Waals surface area (Å²) in [4.78, 5) is 0. The van der Waals surface area contributed by atoms with Gasteiger partial charge in [0.25, 0.3) is 0 Å². The van der Waals surface area contributed by atoms with Gasteiger partial charge in [0.05, 0.1) is 0 Å². The monoisotopic (exact) mass is 514 g/mol. The Morgan fingerprint density at radius 3 is 2.04 bits per heavy atom. The molecule has 3 aliphatic rings. The van der Waals surface area contributed by atoms with Gasteiger partial charge in [0.15, 0.2) is 0 Å². The third-order valence-electron chi connectivity index (χ3n) is 7.97. The molecule has 150 valence electrons. The van der Waals surface area contributed by atoms with E-state index in [1.54, 1.807) is 16.7 Å². The fraction of sp³-hybridized carbons (Fsp3) is 0.455. The molecule has 2 unspecified atom stereocenters. The van der Waals surface area contributed by atoms with Crippen molar-refractivity contribution in [3.8, 4) is 0 Å².